The molecule has 17 heteroatoms. The van der Waals surface area contributed by atoms with Gasteiger partial charge in [0.15, 0.2) is 0 Å². The van der Waals surface area contributed by atoms with Gasteiger partial charge >= 0.3 is 0 Å². The molecule has 10 rings (SSSR count). The largest absolute Gasteiger partial charge is 0.456 e. The lowest BCUT2D eigenvalue weighted by Crippen LogP contribution is -2.51. The molecule has 0 N–H and O–H groups in total. The Labute approximate surface area is 369 Å². The van der Waals surface area contributed by atoms with Gasteiger partial charge in [0.2, 0.25) is 0 Å². The van der Waals surface area contributed by atoms with Crippen LogP contribution in [0.4, 0.5) is 0 Å². The number of hydrogen-bond donors (Lipinski definition) is 0. The summed E-state index contributed by atoms with van der Waals surface area (Å²) in [5.74, 6) is -1.06. The maximum Gasteiger partial charge on any atom is 0.136 e. The molecule has 236 valence electrons. The van der Waals surface area contributed by atoms with E-state index in [4.69, 9.17) is 130 Å². The molecule has 1 nitrogen and oxygen atoms in total. The smallest absolute Gasteiger partial charge is 0.136 e. The lowest BCUT2D eigenvalue weighted by atomic mass is 9.57. The van der Waals surface area contributed by atoms with Crippen molar-refractivity contribution in [3.8, 4) is 22.3 Å². The number of rotatable bonds is 2. The minimum absolute atomic E-state index is 0.00303. The molecule has 32 radical (unpaired) electrons. The summed E-state index contributed by atoms with van der Waals surface area (Å²) in [7, 11) is 109. The molecular weight excluding hydrogens is 705 g/mol. The Morgan fingerprint density at radius 1 is 0.317 bits per heavy atom. The number of furan rings is 1. The van der Waals surface area contributed by atoms with E-state index < -0.39 is 5.92 Å². The zero-order valence-corrected chi connectivity index (χ0v) is 31.9. The van der Waals surface area contributed by atoms with Crippen LogP contribution >= 0.6 is 0 Å². The molecule has 0 spiro atoms. The van der Waals surface area contributed by atoms with Crippen LogP contribution in [0, 0.1) is 0 Å². The van der Waals surface area contributed by atoms with Crippen molar-refractivity contribution < 1.29 is 4.42 Å². The van der Waals surface area contributed by atoms with Gasteiger partial charge in [0.25, 0.3) is 0 Å². The first-order valence-electron chi connectivity index (χ1n) is 18.6. The topological polar surface area (TPSA) is 13.1 Å². The average Bonchev–Trinajstić information content (AvgIpc) is 3.79. The summed E-state index contributed by atoms with van der Waals surface area (Å²) in [6, 6.07) is 17.8. The Bertz CT molecular complexity index is 3370. The zero-order chi connectivity index (χ0) is 42.7. The van der Waals surface area contributed by atoms with E-state index in [0.29, 0.717) is 71.7 Å². The van der Waals surface area contributed by atoms with Crippen molar-refractivity contribution in [3.05, 3.63) is 71.3 Å². The molecule has 0 bridgehead atoms. The Morgan fingerprint density at radius 2 is 0.717 bits per heavy atom. The van der Waals surface area contributed by atoms with Crippen LogP contribution in [0.2, 0.25) is 0 Å². The highest BCUT2D eigenvalue weighted by Gasteiger charge is 2.39. The monoisotopic (exact) mass is 718 g/mol. The second kappa shape index (κ2) is 13.4. The van der Waals surface area contributed by atoms with E-state index in [2.05, 4.69) is 6.07 Å². The maximum absolute atomic E-state index is 7.13. The third-order valence-corrected chi connectivity index (χ3v) is 12.5. The molecule has 0 fully saturated rings. The Balaban J connectivity index is 1.47. The van der Waals surface area contributed by atoms with Gasteiger partial charge < -0.3 is 4.42 Å². The molecule has 0 atom stereocenters. The Hall–Kier alpha value is -4.62. The van der Waals surface area contributed by atoms with Crippen LogP contribution in [-0.4, -0.2) is 126 Å². The van der Waals surface area contributed by atoms with E-state index in [1.165, 1.54) is 0 Å². The molecule has 0 saturated heterocycles. The van der Waals surface area contributed by atoms with E-state index in [-0.39, 0.29) is 87.4 Å². The first kappa shape index (κ1) is 39.5. The van der Waals surface area contributed by atoms with E-state index in [9.17, 15) is 0 Å². The van der Waals surface area contributed by atoms with Crippen LogP contribution in [0.3, 0.4) is 0 Å². The van der Waals surface area contributed by atoms with Gasteiger partial charge in [-0.3, -0.25) is 0 Å². The summed E-state index contributed by atoms with van der Waals surface area (Å²) < 4.78 is 6.37. The fraction of sp³-hybridized carbons (Fsp3) is 0.0233. The molecule has 1 aliphatic carbocycles. The molecule has 60 heavy (non-hydrogen) atoms. The maximum atomic E-state index is 7.13. The van der Waals surface area contributed by atoms with E-state index in [1.807, 2.05) is 48.5 Å². The highest BCUT2D eigenvalue weighted by atomic mass is 16.3. The Morgan fingerprint density at radius 3 is 1.20 bits per heavy atom. The van der Waals surface area contributed by atoms with Crippen molar-refractivity contribution in [1.82, 2.24) is 0 Å². The van der Waals surface area contributed by atoms with E-state index in [1.54, 1.807) is 0 Å². The van der Waals surface area contributed by atoms with Crippen LogP contribution in [0.5, 0.6) is 0 Å². The Kier molecular flexibility index (Phi) is 8.85. The average molecular weight is 716 g/mol. The molecule has 0 unspecified atom stereocenters. The van der Waals surface area contributed by atoms with Crippen molar-refractivity contribution in [3.63, 3.8) is 0 Å². The summed E-state index contributed by atoms with van der Waals surface area (Å²) in [6.07, 6.45) is 0. The molecular formula is C43H10B16O. The SMILES string of the molecule is [B]c1c([B])c([B])c2c(c1[B])-c1c([B])c([B])c([B])c([B])c1C2c1c2c([B])c([B])c([B])c([B])c2c(-c2ccc3oc4cc5ccccc5cc4c3c2)c2c([B])c([B])c([B])c([B])c12. The highest BCUT2D eigenvalue weighted by molar-refractivity contribution is 6.72. The predicted octanol–water partition coefficient (Wildman–Crippen LogP) is -7.43. The standard InChI is InChI=1S/C43H10B16O/c44-28-20-17(12-5-6-15-13(8-12)14-7-10-3-1-2-4-11(10)9-16(14)60-15)21-23(31(47)39(55)37(53)29(21)45)18(22(20)30(46)38(54)36(28)52)19-24-26(34(50)42(58)40(56)32(24)48)27-25(19)33(49)41(57)43(59)35(27)51/h1-9,19H. The van der Waals surface area contributed by atoms with Gasteiger partial charge in [0.05, 0.1) is 0 Å². The molecule has 8 aromatic carbocycles. The lowest BCUT2D eigenvalue weighted by molar-refractivity contribution is 0.669. The van der Waals surface area contributed by atoms with Gasteiger partial charge in [0, 0.05) is 16.7 Å². The zero-order valence-electron chi connectivity index (χ0n) is 31.9. The normalized spacial score (nSPS) is 12.7. The first-order chi connectivity index (χ1) is 28.5. The van der Waals surface area contributed by atoms with Crippen molar-refractivity contribution >= 4 is 267 Å². The second-order valence-corrected chi connectivity index (χ2v) is 15.4. The molecule has 9 aromatic rings. The van der Waals surface area contributed by atoms with Crippen LogP contribution in [0.15, 0.2) is 59.0 Å². The van der Waals surface area contributed by atoms with Gasteiger partial charge in [-0.15, -0.1) is 43.7 Å². The van der Waals surface area contributed by atoms with Gasteiger partial charge in [0.1, 0.15) is 137 Å². The quantitative estimate of drug-likeness (QED) is 0.128. The van der Waals surface area contributed by atoms with Gasteiger partial charge in [-0.25, -0.2) is 0 Å². The summed E-state index contributed by atoms with van der Waals surface area (Å²) in [4.78, 5) is 0. The summed E-state index contributed by atoms with van der Waals surface area (Å²) in [6.45, 7) is 0. The summed E-state index contributed by atoms with van der Waals surface area (Å²) in [5, 5.41) is 5.06. The van der Waals surface area contributed by atoms with Crippen molar-refractivity contribution in [2.24, 2.45) is 0 Å². The second-order valence-electron chi connectivity index (χ2n) is 15.4. The fourth-order valence-corrected chi connectivity index (χ4v) is 9.45. The first-order valence-corrected chi connectivity index (χ1v) is 18.6. The molecule has 1 aromatic heterocycles. The van der Waals surface area contributed by atoms with Crippen molar-refractivity contribution in [2.45, 2.75) is 5.92 Å². The third-order valence-electron chi connectivity index (χ3n) is 12.5. The molecule has 0 saturated carbocycles. The third kappa shape index (κ3) is 4.99. The van der Waals surface area contributed by atoms with Crippen LogP contribution in [0.1, 0.15) is 22.6 Å². The summed E-state index contributed by atoms with van der Waals surface area (Å²) >= 11 is 0. The van der Waals surface area contributed by atoms with Crippen LogP contribution < -0.4 is 87.4 Å². The van der Waals surface area contributed by atoms with Crippen molar-refractivity contribution in [1.29, 1.82) is 0 Å². The number of fused-ring (bicyclic) bond motifs is 9. The molecule has 0 aliphatic heterocycles. The molecule has 1 aliphatic rings. The van der Waals surface area contributed by atoms with Crippen LogP contribution in [0.25, 0.3) is 76.5 Å². The van der Waals surface area contributed by atoms with E-state index in [0.717, 1.165) is 21.5 Å². The molecule has 1 heterocycles. The van der Waals surface area contributed by atoms with Gasteiger partial charge in [-0.2, -0.15) is 0 Å². The lowest BCUT2D eigenvalue weighted by Gasteiger charge is -2.32. The van der Waals surface area contributed by atoms with Crippen molar-refractivity contribution in [2.75, 3.05) is 0 Å². The van der Waals surface area contributed by atoms with E-state index >= 15 is 0 Å². The minimum Gasteiger partial charge on any atom is -0.456 e. The number of benzene rings is 8. The highest BCUT2D eigenvalue weighted by Crippen LogP contribution is 2.49. The van der Waals surface area contributed by atoms with Gasteiger partial charge in [-0.05, 0) is 95.5 Å². The van der Waals surface area contributed by atoms with Crippen LogP contribution in [-0.2, 0) is 0 Å². The summed E-state index contributed by atoms with van der Waals surface area (Å²) in [5.41, 5.74) is 4.77. The molecule has 0 amide bonds. The predicted molar refractivity (Wildman–Crippen MR) is 271 cm³/mol. The fourth-order valence-electron chi connectivity index (χ4n) is 9.45. The number of hydrogen-bond acceptors (Lipinski definition) is 1. The minimum atomic E-state index is -1.06. The van der Waals surface area contributed by atoms with Gasteiger partial charge in [-0.1, -0.05) is 74.0 Å².